The number of ketones is 1. The van der Waals surface area contributed by atoms with E-state index in [4.69, 9.17) is 11.6 Å². The molecule has 0 aliphatic rings. The van der Waals surface area contributed by atoms with Crippen LogP contribution in [-0.2, 0) is 4.79 Å². The van der Waals surface area contributed by atoms with E-state index in [0.717, 1.165) is 16.8 Å². The first-order chi connectivity index (χ1) is 13.4. The summed E-state index contributed by atoms with van der Waals surface area (Å²) in [5, 5.41) is 2.98. The minimum atomic E-state index is -0.135. The van der Waals surface area contributed by atoms with Crippen LogP contribution in [-0.4, -0.2) is 16.7 Å². The number of carbonyl (C=O) groups excluding carboxylic acids is 2. The molecule has 0 N–H and O–H groups in total. The second-order valence-electron chi connectivity index (χ2n) is 6.35. The molecular weight excluding hydrogens is 392 g/mol. The minimum absolute atomic E-state index is 0.112. The molecule has 0 fully saturated rings. The van der Waals surface area contributed by atoms with Gasteiger partial charge in [-0.3, -0.25) is 14.5 Å². The molecule has 0 unspecified atom stereocenters. The van der Waals surface area contributed by atoms with E-state index in [1.807, 2.05) is 37.4 Å². The third kappa shape index (κ3) is 4.38. The average Bonchev–Trinajstić information content (AvgIpc) is 3.11. The Morgan fingerprint density at radius 2 is 1.71 bits per heavy atom. The number of hydrogen-bond acceptors (Lipinski definition) is 4. The maximum atomic E-state index is 12.3. The summed E-state index contributed by atoms with van der Waals surface area (Å²) < 4.78 is 0. The van der Waals surface area contributed by atoms with E-state index in [9.17, 15) is 9.59 Å². The Labute approximate surface area is 173 Å². The predicted molar refractivity (Wildman–Crippen MR) is 116 cm³/mol. The van der Waals surface area contributed by atoms with Crippen LogP contribution >= 0.6 is 22.9 Å². The summed E-state index contributed by atoms with van der Waals surface area (Å²) >= 11 is 7.21. The van der Waals surface area contributed by atoms with E-state index in [2.05, 4.69) is 4.98 Å². The van der Waals surface area contributed by atoms with Gasteiger partial charge in [-0.05, 0) is 61.4 Å². The molecule has 2 aromatic carbocycles. The number of para-hydroxylation sites is 1. The fraction of sp³-hybridized carbons (Fsp3) is 0.136. The van der Waals surface area contributed by atoms with Gasteiger partial charge in [-0.15, -0.1) is 11.3 Å². The van der Waals surface area contributed by atoms with Gasteiger partial charge in [-0.25, -0.2) is 4.98 Å². The molecule has 0 radical (unpaired) electrons. The number of allylic oxidation sites excluding steroid dienone is 1. The van der Waals surface area contributed by atoms with Crippen LogP contribution in [0, 0.1) is 13.8 Å². The second-order valence-corrected chi connectivity index (χ2v) is 7.63. The molecule has 3 aromatic rings. The van der Waals surface area contributed by atoms with Gasteiger partial charge in [0.25, 0.3) is 0 Å². The Bertz CT molecular complexity index is 1030. The van der Waals surface area contributed by atoms with Gasteiger partial charge >= 0.3 is 0 Å². The highest BCUT2D eigenvalue weighted by molar-refractivity contribution is 7.14. The quantitative estimate of drug-likeness (QED) is 0.383. The molecule has 0 bridgehead atoms. The highest BCUT2D eigenvalue weighted by Crippen LogP contribution is 2.33. The lowest BCUT2D eigenvalue weighted by Crippen LogP contribution is -2.24. The normalized spacial score (nSPS) is 11.0. The summed E-state index contributed by atoms with van der Waals surface area (Å²) in [5.74, 6) is -0.246. The number of amides is 1. The molecule has 0 saturated carbocycles. The molecule has 4 nitrogen and oxygen atoms in total. The van der Waals surface area contributed by atoms with Gasteiger partial charge in [0.2, 0.25) is 5.91 Å². The van der Waals surface area contributed by atoms with E-state index in [0.29, 0.717) is 21.4 Å². The topological polar surface area (TPSA) is 50.3 Å². The molecule has 0 aliphatic heterocycles. The monoisotopic (exact) mass is 410 g/mol. The Hall–Kier alpha value is -2.76. The third-order valence-corrected chi connectivity index (χ3v) is 5.31. The first kappa shape index (κ1) is 20.0. The second kappa shape index (κ2) is 8.50. The third-order valence-electron chi connectivity index (χ3n) is 4.21. The van der Waals surface area contributed by atoms with E-state index in [-0.39, 0.29) is 11.7 Å². The molecule has 142 valence electrons. The number of rotatable bonds is 5. The lowest BCUT2D eigenvalue weighted by atomic mass is 10.1. The zero-order chi connectivity index (χ0) is 20.3. The van der Waals surface area contributed by atoms with E-state index >= 15 is 0 Å². The molecule has 3 rings (SSSR count). The Balaban J connectivity index is 1.86. The zero-order valence-corrected chi connectivity index (χ0v) is 17.3. The first-order valence-electron chi connectivity index (χ1n) is 8.67. The van der Waals surface area contributed by atoms with E-state index < -0.39 is 0 Å². The van der Waals surface area contributed by atoms with Crippen molar-refractivity contribution in [1.82, 2.24) is 4.98 Å². The number of thiazole rings is 1. The number of benzene rings is 2. The average molecular weight is 411 g/mol. The maximum absolute atomic E-state index is 12.3. The van der Waals surface area contributed by atoms with Crippen LogP contribution in [0.3, 0.4) is 0 Å². The summed E-state index contributed by atoms with van der Waals surface area (Å²) in [5.41, 5.74) is 4.02. The molecule has 28 heavy (non-hydrogen) atoms. The standard InChI is InChI=1S/C22H19ClN2O2S/c1-14-5-4-6-15(2)21(14)25(16(3)26)22-24-19(13-28-22)11-12-20(27)17-7-9-18(23)10-8-17/h4-13H,1-3H3/b12-11+. The minimum Gasteiger partial charge on any atom is -0.289 e. The predicted octanol–water partition coefficient (Wildman–Crippen LogP) is 5.99. The number of halogens is 1. The van der Waals surface area contributed by atoms with Crippen molar-refractivity contribution in [2.24, 2.45) is 0 Å². The summed E-state index contributed by atoms with van der Waals surface area (Å²) in [6.45, 7) is 5.46. The number of hydrogen-bond donors (Lipinski definition) is 0. The van der Waals surface area contributed by atoms with Crippen molar-refractivity contribution in [1.29, 1.82) is 0 Å². The smallest absolute Gasteiger partial charge is 0.230 e. The number of nitrogens with zero attached hydrogens (tertiary/aromatic N) is 2. The van der Waals surface area contributed by atoms with Crippen molar-refractivity contribution >= 4 is 51.5 Å². The number of anilines is 2. The number of carbonyl (C=O) groups is 2. The van der Waals surface area contributed by atoms with Crippen molar-refractivity contribution in [2.75, 3.05) is 4.90 Å². The summed E-state index contributed by atoms with van der Waals surface area (Å²) in [6.07, 6.45) is 3.12. The van der Waals surface area contributed by atoms with Gasteiger partial charge in [0.15, 0.2) is 10.9 Å². The molecule has 6 heteroatoms. The summed E-state index contributed by atoms with van der Waals surface area (Å²) in [6, 6.07) is 12.6. The van der Waals surface area contributed by atoms with E-state index in [1.54, 1.807) is 35.2 Å². The van der Waals surface area contributed by atoms with Crippen molar-refractivity contribution in [3.8, 4) is 0 Å². The largest absolute Gasteiger partial charge is 0.289 e. The van der Waals surface area contributed by atoms with Gasteiger partial charge in [-0.1, -0.05) is 29.8 Å². The first-order valence-corrected chi connectivity index (χ1v) is 9.93. The number of aromatic nitrogens is 1. The maximum Gasteiger partial charge on any atom is 0.230 e. The highest BCUT2D eigenvalue weighted by atomic mass is 35.5. The zero-order valence-electron chi connectivity index (χ0n) is 15.8. The summed E-state index contributed by atoms with van der Waals surface area (Å²) in [7, 11) is 0. The Morgan fingerprint density at radius 1 is 1.07 bits per heavy atom. The van der Waals surface area contributed by atoms with E-state index in [1.165, 1.54) is 24.3 Å². The highest BCUT2D eigenvalue weighted by Gasteiger charge is 2.21. The van der Waals surface area contributed by atoms with Crippen LogP contribution in [0.1, 0.15) is 34.1 Å². The fourth-order valence-corrected chi connectivity index (χ4v) is 3.84. The number of aryl methyl sites for hydroxylation is 2. The molecule has 0 spiro atoms. The van der Waals surface area contributed by atoms with Gasteiger partial charge in [0.1, 0.15) is 0 Å². The van der Waals surface area contributed by atoms with Gasteiger partial charge < -0.3 is 0 Å². The van der Waals surface area contributed by atoms with Crippen molar-refractivity contribution < 1.29 is 9.59 Å². The SMILES string of the molecule is CC(=O)N(c1nc(/C=C/C(=O)c2ccc(Cl)cc2)cs1)c1c(C)cccc1C. The van der Waals surface area contributed by atoms with Gasteiger partial charge in [0.05, 0.1) is 11.4 Å². The lowest BCUT2D eigenvalue weighted by Gasteiger charge is -2.22. The molecule has 0 atom stereocenters. The molecular formula is C22H19ClN2O2S. The lowest BCUT2D eigenvalue weighted by molar-refractivity contribution is -0.115. The molecule has 0 aliphatic carbocycles. The van der Waals surface area contributed by atoms with Crippen molar-refractivity contribution in [3.63, 3.8) is 0 Å². The van der Waals surface area contributed by atoms with Crippen LogP contribution in [0.5, 0.6) is 0 Å². The van der Waals surface area contributed by atoms with Gasteiger partial charge in [0, 0.05) is 22.9 Å². The van der Waals surface area contributed by atoms with Gasteiger partial charge in [-0.2, -0.15) is 0 Å². The molecule has 1 aromatic heterocycles. The molecule has 1 heterocycles. The van der Waals surface area contributed by atoms with Crippen LogP contribution in [0.25, 0.3) is 6.08 Å². The van der Waals surface area contributed by atoms with Crippen LogP contribution < -0.4 is 4.90 Å². The Morgan fingerprint density at radius 3 is 2.32 bits per heavy atom. The van der Waals surface area contributed by atoms with Crippen molar-refractivity contribution in [2.45, 2.75) is 20.8 Å². The molecule has 1 amide bonds. The van der Waals surface area contributed by atoms with Crippen LogP contribution in [0.15, 0.2) is 53.9 Å². The fourth-order valence-electron chi connectivity index (χ4n) is 2.87. The summed E-state index contributed by atoms with van der Waals surface area (Å²) in [4.78, 5) is 30.8. The molecule has 0 saturated heterocycles. The Kier molecular flexibility index (Phi) is 6.07. The van der Waals surface area contributed by atoms with Crippen LogP contribution in [0.2, 0.25) is 5.02 Å². The van der Waals surface area contributed by atoms with Crippen LogP contribution in [0.4, 0.5) is 10.8 Å². The van der Waals surface area contributed by atoms with Crippen molar-refractivity contribution in [3.05, 3.63) is 81.3 Å².